The van der Waals surface area contributed by atoms with Crippen molar-refractivity contribution in [2.45, 2.75) is 19.6 Å². The van der Waals surface area contributed by atoms with E-state index in [1.807, 2.05) is 18.0 Å². The zero-order chi connectivity index (χ0) is 7.40. The van der Waals surface area contributed by atoms with Gasteiger partial charge in [-0.3, -0.25) is 0 Å². The molecule has 1 heterocycles. The van der Waals surface area contributed by atoms with Crippen LogP contribution in [0.5, 0.6) is 0 Å². The SMILES string of the molecule is CCSCc1ncc(C)s1. The van der Waals surface area contributed by atoms with Crippen LogP contribution >= 0.6 is 23.1 Å². The summed E-state index contributed by atoms with van der Waals surface area (Å²) >= 11 is 3.72. The van der Waals surface area contributed by atoms with Crippen LogP contribution in [0.4, 0.5) is 0 Å². The summed E-state index contributed by atoms with van der Waals surface area (Å²) in [4.78, 5) is 5.56. The summed E-state index contributed by atoms with van der Waals surface area (Å²) in [6, 6.07) is 0. The molecule has 0 bridgehead atoms. The van der Waals surface area contributed by atoms with Crippen LogP contribution in [-0.4, -0.2) is 10.7 Å². The van der Waals surface area contributed by atoms with Crippen molar-refractivity contribution >= 4 is 23.1 Å². The van der Waals surface area contributed by atoms with Gasteiger partial charge < -0.3 is 0 Å². The standard InChI is InChI=1S/C7H11NS2/c1-3-9-5-7-8-4-6(2)10-7/h4H,3,5H2,1-2H3. The van der Waals surface area contributed by atoms with Gasteiger partial charge in [-0.25, -0.2) is 4.98 Å². The lowest BCUT2D eigenvalue weighted by atomic mass is 10.6. The summed E-state index contributed by atoms with van der Waals surface area (Å²) in [7, 11) is 0. The van der Waals surface area contributed by atoms with Gasteiger partial charge in [0.05, 0.1) is 0 Å². The maximum Gasteiger partial charge on any atom is 0.103 e. The number of hydrogen-bond donors (Lipinski definition) is 0. The van der Waals surface area contributed by atoms with E-state index in [0.29, 0.717) is 0 Å². The van der Waals surface area contributed by atoms with Crippen LogP contribution < -0.4 is 0 Å². The van der Waals surface area contributed by atoms with E-state index in [1.54, 1.807) is 11.3 Å². The molecule has 0 saturated heterocycles. The fourth-order valence-corrected chi connectivity index (χ4v) is 2.18. The first kappa shape index (κ1) is 8.08. The van der Waals surface area contributed by atoms with Gasteiger partial charge in [0, 0.05) is 16.8 Å². The third-order valence-corrected chi connectivity index (χ3v) is 3.08. The topological polar surface area (TPSA) is 12.9 Å². The molecule has 0 atom stereocenters. The molecule has 0 radical (unpaired) electrons. The lowest BCUT2D eigenvalue weighted by Crippen LogP contribution is -1.75. The van der Waals surface area contributed by atoms with Gasteiger partial charge in [-0.15, -0.1) is 11.3 Å². The van der Waals surface area contributed by atoms with Crippen molar-refractivity contribution in [3.63, 3.8) is 0 Å². The highest BCUT2D eigenvalue weighted by molar-refractivity contribution is 7.98. The van der Waals surface area contributed by atoms with Gasteiger partial charge >= 0.3 is 0 Å². The molecule has 0 fully saturated rings. The van der Waals surface area contributed by atoms with E-state index in [1.165, 1.54) is 15.6 Å². The van der Waals surface area contributed by atoms with Crippen molar-refractivity contribution in [3.05, 3.63) is 16.1 Å². The number of thiazole rings is 1. The lowest BCUT2D eigenvalue weighted by molar-refractivity contribution is 1.26. The molecule has 0 N–H and O–H groups in total. The molecule has 0 unspecified atom stereocenters. The number of hydrogen-bond acceptors (Lipinski definition) is 3. The predicted octanol–water partition coefficient (Wildman–Crippen LogP) is 2.70. The van der Waals surface area contributed by atoms with E-state index in [0.717, 1.165) is 5.75 Å². The molecule has 0 amide bonds. The minimum atomic E-state index is 1.08. The minimum absolute atomic E-state index is 1.08. The van der Waals surface area contributed by atoms with Crippen LogP contribution in [0, 0.1) is 6.92 Å². The first-order valence-electron chi connectivity index (χ1n) is 3.32. The Kier molecular flexibility index (Phi) is 3.22. The van der Waals surface area contributed by atoms with Crippen molar-refractivity contribution in [2.75, 3.05) is 5.75 Å². The second-order valence-electron chi connectivity index (χ2n) is 2.00. The highest BCUT2D eigenvalue weighted by atomic mass is 32.2. The first-order chi connectivity index (χ1) is 4.83. The predicted molar refractivity (Wildman–Crippen MR) is 48.7 cm³/mol. The summed E-state index contributed by atoms with van der Waals surface area (Å²) in [5.41, 5.74) is 0. The average molecular weight is 173 g/mol. The minimum Gasteiger partial charge on any atom is -0.249 e. The summed E-state index contributed by atoms with van der Waals surface area (Å²) in [6.45, 7) is 4.27. The van der Waals surface area contributed by atoms with E-state index in [4.69, 9.17) is 0 Å². The largest absolute Gasteiger partial charge is 0.249 e. The van der Waals surface area contributed by atoms with Crippen LogP contribution in [0.25, 0.3) is 0 Å². The molecule has 10 heavy (non-hydrogen) atoms. The number of thioether (sulfide) groups is 1. The number of rotatable bonds is 3. The van der Waals surface area contributed by atoms with E-state index in [9.17, 15) is 0 Å². The lowest BCUT2D eigenvalue weighted by Gasteiger charge is -1.90. The van der Waals surface area contributed by atoms with Crippen molar-refractivity contribution in [2.24, 2.45) is 0 Å². The fraction of sp³-hybridized carbons (Fsp3) is 0.571. The van der Waals surface area contributed by atoms with Gasteiger partial charge in [0.2, 0.25) is 0 Å². The third kappa shape index (κ3) is 2.31. The average Bonchev–Trinajstić information content (AvgIpc) is 2.31. The van der Waals surface area contributed by atoms with Gasteiger partial charge in [-0.1, -0.05) is 6.92 Å². The summed E-state index contributed by atoms with van der Waals surface area (Å²) in [6.07, 6.45) is 1.94. The Bertz CT molecular complexity index is 195. The van der Waals surface area contributed by atoms with Gasteiger partial charge in [-0.2, -0.15) is 11.8 Å². The highest BCUT2D eigenvalue weighted by Crippen LogP contribution is 2.16. The smallest absolute Gasteiger partial charge is 0.103 e. The molecule has 0 aliphatic rings. The Labute approximate surface area is 69.9 Å². The molecule has 0 spiro atoms. The zero-order valence-corrected chi connectivity index (χ0v) is 7.89. The summed E-state index contributed by atoms with van der Waals surface area (Å²) in [5, 5.41) is 1.25. The molecule has 1 aromatic rings. The van der Waals surface area contributed by atoms with Crippen LogP contribution in [0.3, 0.4) is 0 Å². The summed E-state index contributed by atoms with van der Waals surface area (Å²) in [5.74, 6) is 2.26. The molecule has 56 valence electrons. The first-order valence-corrected chi connectivity index (χ1v) is 5.29. The molecular weight excluding hydrogens is 162 g/mol. The quantitative estimate of drug-likeness (QED) is 0.697. The Morgan fingerprint density at radius 2 is 2.50 bits per heavy atom. The third-order valence-electron chi connectivity index (χ3n) is 1.10. The van der Waals surface area contributed by atoms with Crippen LogP contribution in [0.1, 0.15) is 16.8 Å². The fourth-order valence-electron chi connectivity index (χ4n) is 0.658. The van der Waals surface area contributed by atoms with Crippen molar-refractivity contribution < 1.29 is 0 Å². The van der Waals surface area contributed by atoms with Crippen molar-refractivity contribution in [1.29, 1.82) is 0 Å². The Morgan fingerprint density at radius 3 is 3.00 bits per heavy atom. The second kappa shape index (κ2) is 3.98. The molecule has 1 rings (SSSR count). The van der Waals surface area contributed by atoms with Crippen molar-refractivity contribution in [3.8, 4) is 0 Å². The molecule has 1 nitrogen and oxygen atoms in total. The van der Waals surface area contributed by atoms with Gasteiger partial charge in [0.15, 0.2) is 0 Å². The van der Waals surface area contributed by atoms with E-state index < -0.39 is 0 Å². The molecule has 0 aliphatic carbocycles. The molecule has 0 saturated carbocycles. The Balaban J connectivity index is 2.42. The zero-order valence-electron chi connectivity index (χ0n) is 6.26. The monoisotopic (exact) mass is 173 g/mol. The van der Waals surface area contributed by atoms with Gasteiger partial charge in [0.1, 0.15) is 5.01 Å². The molecule has 0 aromatic carbocycles. The van der Waals surface area contributed by atoms with E-state index >= 15 is 0 Å². The Hall–Kier alpha value is -0.0200. The van der Waals surface area contributed by atoms with E-state index in [2.05, 4.69) is 18.8 Å². The maximum absolute atomic E-state index is 4.25. The van der Waals surface area contributed by atoms with Crippen molar-refractivity contribution in [1.82, 2.24) is 4.98 Å². The molecule has 1 aromatic heterocycles. The van der Waals surface area contributed by atoms with Crippen LogP contribution in [-0.2, 0) is 5.75 Å². The van der Waals surface area contributed by atoms with Crippen LogP contribution in [0.2, 0.25) is 0 Å². The molecular formula is C7H11NS2. The second-order valence-corrected chi connectivity index (χ2v) is 4.60. The van der Waals surface area contributed by atoms with Gasteiger partial charge in [0.25, 0.3) is 0 Å². The number of aryl methyl sites for hydroxylation is 1. The Morgan fingerprint density at radius 1 is 1.70 bits per heavy atom. The van der Waals surface area contributed by atoms with Crippen LogP contribution in [0.15, 0.2) is 6.20 Å². The van der Waals surface area contributed by atoms with E-state index in [-0.39, 0.29) is 0 Å². The number of nitrogens with zero attached hydrogens (tertiary/aromatic N) is 1. The summed E-state index contributed by atoms with van der Waals surface area (Å²) < 4.78 is 0. The molecule has 0 aliphatic heterocycles. The molecule has 3 heteroatoms. The number of aromatic nitrogens is 1. The highest BCUT2D eigenvalue weighted by Gasteiger charge is 1.95. The maximum atomic E-state index is 4.25. The normalized spacial score (nSPS) is 10.2. The van der Waals surface area contributed by atoms with Gasteiger partial charge in [-0.05, 0) is 12.7 Å².